The molecule has 8 heteroatoms. The normalized spacial score (nSPS) is 11.3. The van der Waals surface area contributed by atoms with E-state index in [-0.39, 0.29) is 5.57 Å². The van der Waals surface area contributed by atoms with Crippen LogP contribution in [0.4, 0.5) is 0 Å². The van der Waals surface area contributed by atoms with Gasteiger partial charge in [0.15, 0.2) is 17.2 Å². The van der Waals surface area contributed by atoms with Gasteiger partial charge in [0.1, 0.15) is 24.7 Å². The fourth-order valence-corrected chi connectivity index (χ4v) is 5.77. The lowest BCUT2D eigenvalue weighted by Crippen LogP contribution is -2.23. The smallest absolute Gasteiger partial charge is 0.163 e. The molecule has 2 aromatic heterocycles. The van der Waals surface area contributed by atoms with Crippen LogP contribution >= 0.6 is 11.3 Å². The summed E-state index contributed by atoms with van der Waals surface area (Å²) in [4.78, 5) is 16.9. The Kier molecular flexibility index (Phi) is 9.03. The predicted molar refractivity (Wildman–Crippen MR) is 174 cm³/mol. The highest BCUT2D eigenvalue weighted by Gasteiger charge is 2.20. The van der Waals surface area contributed by atoms with Crippen molar-refractivity contribution in [1.29, 1.82) is 0 Å². The molecule has 0 saturated carbocycles. The maximum Gasteiger partial charge on any atom is 0.163 e. The number of ether oxygens (including phenoxy) is 4. The van der Waals surface area contributed by atoms with Gasteiger partial charge in [0.2, 0.25) is 0 Å². The zero-order chi connectivity index (χ0) is 31.0. The van der Waals surface area contributed by atoms with Crippen LogP contribution < -0.4 is 24.1 Å². The number of nitrogens with zero attached hydrogens (tertiary/aromatic N) is 1. The Balaban J connectivity index is 1.47. The molecule has 0 aliphatic carbocycles. The molecule has 6 aromatic rings. The molecule has 0 bridgehead atoms. The average Bonchev–Trinajstić information content (AvgIpc) is 3.41. The number of benzene rings is 4. The van der Waals surface area contributed by atoms with Crippen LogP contribution in [0.1, 0.15) is 21.6 Å². The quantitative estimate of drug-likeness (QED) is 0.132. The fourth-order valence-electron chi connectivity index (χ4n) is 4.68. The first kappa shape index (κ1) is 29.5. The first-order chi connectivity index (χ1) is 22.1. The molecule has 0 saturated heterocycles. The summed E-state index contributed by atoms with van der Waals surface area (Å²) in [6.07, 6.45) is 4.65. The molecule has 6 rings (SSSR count). The molecule has 0 spiro atoms. The third-order valence-corrected chi connectivity index (χ3v) is 8.06. The van der Waals surface area contributed by atoms with Gasteiger partial charge in [-0.25, -0.2) is 0 Å². The zero-order valence-electron chi connectivity index (χ0n) is 24.3. The summed E-state index contributed by atoms with van der Waals surface area (Å²) in [5.74, 6) is 1.50. The minimum atomic E-state index is -1.31. The van der Waals surface area contributed by atoms with Crippen LogP contribution in [0.3, 0.4) is 0 Å². The van der Waals surface area contributed by atoms with Crippen molar-refractivity contribution in [2.45, 2.75) is 13.2 Å². The van der Waals surface area contributed by atoms with Crippen molar-refractivity contribution in [3.63, 3.8) is 0 Å². The van der Waals surface area contributed by atoms with Gasteiger partial charge in [0.25, 0.3) is 0 Å². The van der Waals surface area contributed by atoms with E-state index in [2.05, 4.69) is 4.98 Å². The number of carbonyl (C=O) groups excluding carboxylic acids is 1. The number of hydrogen-bond donors (Lipinski definition) is 0. The third-order valence-electron chi connectivity index (χ3n) is 6.97. The average molecular weight is 615 g/mol. The topological polar surface area (TPSA) is 89.9 Å². The monoisotopic (exact) mass is 614 g/mol. The Hall–Kier alpha value is -5.60. The molecule has 0 amide bonds. The number of aromatic nitrogens is 1. The van der Waals surface area contributed by atoms with Gasteiger partial charge in [-0.05, 0) is 65.2 Å². The Morgan fingerprint density at radius 3 is 1.93 bits per heavy atom. The highest BCUT2D eigenvalue weighted by molar-refractivity contribution is 7.20. The van der Waals surface area contributed by atoms with E-state index in [4.69, 9.17) is 18.9 Å². The first-order valence-electron chi connectivity index (χ1n) is 14.2. The van der Waals surface area contributed by atoms with Gasteiger partial charge in [-0.1, -0.05) is 60.7 Å². The predicted octanol–water partition coefficient (Wildman–Crippen LogP) is 7.55. The molecule has 0 unspecified atom stereocenters. The number of carboxylic acid groups (broad SMARTS) is 1. The van der Waals surface area contributed by atoms with Crippen LogP contribution in [-0.4, -0.2) is 18.1 Å². The highest BCUT2D eigenvalue weighted by Crippen LogP contribution is 2.47. The number of rotatable bonds is 12. The molecule has 0 aliphatic rings. The summed E-state index contributed by atoms with van der Waals surface area (Å²) in [7, 11) is 1.60. The van der Waals surface area contributed by atoms with E-state index in [0.717, 1.165) is 21.2 Å². The van der Waals surface area contributed by atoms with Gasteiger partial charge in [0.05, 0.1) is 18.0 Å². The molecular formula is C37H28NO6S-. The van der Waals surface area contributed by atoms with Gasteiger partial charge in [-0.15, -0.1) is 11.3 Å². The largest absolute Gasteiger partial charge is 0.545 e. The first-order valence-corrected chi connectivity index (χ1v) is 15.0. The lowest BCUT2D eigenvalue weighted by atomic mass is 10.1. The molecule has 0 aliphatic heterocycles. The minimum absolute atomic E-state index is 0.00430. The number of aliphatic carboxylic acids is 1. The van der Waals surface area contributed by atoms with E-state index in [1.807, 2.05) is 72.8 Å². The molecule has 224 valence electrons. The number of fused-ring (bicyclic) bond motifs is 1. The maximum absolute atomic E-state index is 12.3. The SMILES string of the molecule is COc1ccc(Oc2c(/C=C(/C(=O)[O-])c3ccncc3)sc3cc(OCc4ccccc4)c(OCc4ccccc4)cc23)cc1. The van der Waals surface area contributed by atoms with E-state index < -0.39 is 5.97 Å². The van der Waals surface area contributed by atoms with Crippen LogP contribution in [0.15, 0.2) is 122 Å². The number of pyridine rings is 1. The van der Waals surface area contributed by atoms with Crippen molar-refractivity contribution >= 4 is 39.0 Å². The van der Waals surface area contributed by atoms with E-state index in [0.29, 0.717) is 52.4 Å². The molecule has 0 radical (unpaired) electrons. The number of methoxy groups -OCH3 is 1. The van der Waals surface area contributed by atoms with Crippen molar-refractivity contribution in [1.82, 2.24) is 4.98 Å². The van der Waals surface area contributed by atoms with Crippen LogP contribution in [0.2, 0.25) is 0 Å². The van der Waals surface area contributed by atoms with Crippen LogP contribution in [0.25, 0.3) is 21.7 Å². The van der Waals surface area contributed by atoms with E-state index >= 15 is 0 Å². The second-order valence-electron chi connectivity index (χ2n) is 10.00. The molecule has 4 aromatic carbocycles. The van der Waals surface area contributed by atoms with E-state index in [1.54, 1.807) is 62.0 Å². The molecule has 45 heavy (non-hydrogen) atoms. The van der Waals surface area contributed by atoms with E-state index in [9.17, 15) is 9.90 Å². The lowest BCUT2D eigenvalue weighted by Gasteiger charge is -2.14. The number of hydrogen-bond acceptors (Lipinski definition) is 8. The third kappa shape index (κ3) is 7.14. The molecule has 0 fully saturated rings. The summed E-state index contributed by atoms with van der Waals surface area (Å²) < 4.78 is 25.2. The van der Waals surface area contributed by atoms with Crippen molar-refractivity contribution in [2.24, 2.45) is 0 Å². The van der Waals surface area contributed by atoms with Crippen molar-refractivity contribution in [3.05, 3.63) is 143 Å². The number of carbonyl (C=O) groups is 1. The van der Waals surface area contributed by atoms with Crippen molar-refractivity contribution in [2.75, 3.05) is 7.11 Å². The summed E-state index contributed by atoms with van der Waals surface area (Å²) in [6.45, 7) is 0.675. The van der Waals surface area contributed by atoms with Crippen LogP contribution in [0.5, 0.6) is 28.7 Å². The second kappa shape index (κ2) is 13.8. The summed E-state index contributed by atoms with van der Waals surface area (Å²) in [5.41, 5.74) is 2.49. The second-order valence-corrected chi connectivity index (χ2v) is 11.1. The van der Waals surface area contributed by atoms with Crippen molar-refractivity contribution in [3.8, 4) is 28.7 Å². The van der Waals surface area contributed by atoms with E-state index in [1.165, 1.54) is 11.3 Å². The Labute approximate surface area is 264 Å². The van der Waals surface area contributed by atoms with Gasteiger partial charge in [-0.2, -0.15) is 0 Å². The highest BCUT2D eigenvalue weighted by atomic mass is 32.1. The van der Waals surface area contributed by atoms with Crippen molar-refractivity contribution < 1.29 is 28.8 Å². The summed E-state index contributed by atoms with van der Waals surface area (Å²) in [6, 6.07) is 34.0. The zero-order valence-corrected chi connectivity index (χ0v) is 25.2. The number of carboxylic acids is 1. The minimum Gasteiger partial charge on any atom is -0.545 e. The van der Waals surface area contributed by atoms with Gasteiger partial charge in [-0.3, -0.25) is 4.98 Å². The van der Waals surface area contributed by atoms with Gasteiger partial charge < -0.3 is 28.8 Å². The molecule has 2 heterocycles. The maximum atomic E-state index is 12.3. The van der Waals surface area contributed by atoms with Gasteiger partial charge in [0, 0.05) is 34.1 Å². The van der Waals surface area contributed by atoms with Crippen LogP contribution in [0, 0.1) is 0 Å². The molecular weight excluding hydrogens is 586 g/mol. The number of thiophene rings is 1. The fraction of sp³-hybridized carbons (Fsp3) is 0.0811. The summed E-state index contributed by atoms with van der Waals surface area (Å²) >= 11 is 1.38. The Bertz CT molecular complexity index is 1920. The van der Waals surface area contributed by atoms with Crippen LogP contribution in [-0.2, 0) is 18.0 Å². The Morgan fingerprint density at radius 1 is 0.778 bits per heavy atom. The Morgan fingerprint density at radius 2 is 1.36 bits per heavy atom. The molecule has 7 nitrogen and oxygen atoms in total. The standard InChI is InChI=1S/C37H29NO6S/c1-41-28-12-14-29(15-13-28)44-36-31-20-32(42-23-25-8-4-2-5-9-25)33(43-24-26-10-6-3-7-11-26)22-34(31)45-35(36)21-30(37(39)40)27-16-18-38-19-17-27/h2-22H,23-24H2,1H3,(H,39,40)/p-1/b30-21+. The van der Waals surface area contributed by atoms with Gasteiger partial charge >= 0.3 is 0 Å². The summed E-state index contributed by atoms with van der Waals surface area (Å²) in [5, 5.41) is 13.1. The molecule has 0 N–H and O–H groups in total. The molecule has 0 atom stereocenters. The lowest BCUT2D eigenvalue weighted by molar-refractivity contribution is -0.295.